The standard InChI is InChI=1S/C38H47ClFN3O6Si/c1-5-48-29-13-15-32-26(20-29)21-31(41-17-6-7-18-44)36(46)43(32)28-11-8-25(9-12-28)23-42-33-14-10-27(39)22-30(33)38(37(42)47)24(2)35(50(3,4)40)34(49-38)16-19-45/h8-15,20,22,24,31,34-35,41,44-45H,5-7,16-19,21,23H2,1-4H3/t24-,31?,34+,35-,38+/m0/s1. The van der Waals surface area contributed by atoms with Gasteiger partial charge in [0.15, 0.2) is 5.60 Å². The van der Waals surface area contributed by atoms with Gasteiger partial charge in [-0.15, -0.1) is 0 Å². The van der Waals surface area contributed by atoms with E-state index in [1.54, 1.807) is 35.0 Å². The molecular formula is C38H47ClFN3O6Si. The van der Waals surface area contributed by atoms with Crippen molar-refractivity contribution in [2.75, 3.05) is 36.2 Å². The smallest absolute Gasteiger partial charge is 0.264 e. The lowest BCUT2D eigenvalue weighted by molar-refractivity contribution is -0.146. The van der Waals surface area contributed by atoms with Gasteiger partial charge < -0.3 is 34.0 Å². The van der Waals surface area contributed by atoms with Crippen molar-refractivity contribution in [1.29, 1.82) is 0 Å². The molecule has 1 saturated heterocycles. The first-order chi connectivity index (χ1) is 23.9. The first kappa shape index (κ1) is 36.5. The Hall–Kier alpha value is -3.32. The number of unbranched alkanes of at least 4 members (excludes halogenated alkanes) is 1. The molecule has 1 unspecified atom stereocenters. The highest BCUT2D eigenvalue weighted by molar-refractivity contribution is 6.72. The van der Waals surface area contributed by atoms with Crippen LogP contribution in [0.3, 0.4) is 0 Å². The molecule has 0 aromatic heterocycles. The van der Waals surface area contributed by atoms with E-state index in [2.05, 4.69) is 5.32 Å². The number of halogens is 2. The van der Waals surface area contributed by atoms with Gasteiger partial charge in [-0.1, -0.05) is 30.7 Å². The van der Waals surface area contributed by atoms with Crippen molar-refractivity contribution in [1.82, 2.24) is 5.32 Å². The van der Waals surface area contributed by atoms with Crippen LogP contribution in [0.25, 0.3) is 0 Å². The summed E-state index contributed by atoms with van der Waals surface area (Å²) >= 11 is 6.48. The van der Waals surface area contributed by atoms with Crippen LogP contribution in [0, 0.1) is 5.92 Å². The number of amides is 2. The van der Waals surface area contributed by atoms with E-state index in [0.29, 0.717) is 48.0 Å². The number of aliphatic hydroxyl groups is 2. The summed E-state index contributed by atoms with van der Waals surface area (Å²) in [6, 6.07) is 18.3. The molecule has 6 rings (SSSR count). The van der Waals surface area contributed by atoms with Crippen molar-refractivity contribution in [3.63, 3.8) is 0 Å². The minimum absolute atomic E-state index is 0.0698. The van der Waals surface area contributed by atoms with E-state index in [0.717, 1.165) is 29.0 Å². The van der Waals surface area contributed by atoms with Gasteiger partial charge >= 0.3 is 0 Å². The molecule has 9 nitrogen and oxygen atoms in total. The van der Waals surface area contributed by atoms with Crippen molar-refractivity contribution < 1.29 is 33.4 Å². The van der Waals surface area contributed by atoms with Gasteiger partial charge in [0, 0.05) is 40.9 Å². The molecule has 50 heavy (non-hydrogen) atoms. The number of anilines is 3. The monoisotopic (exact) mass is 723 g/mol. The van der Waals surface area contributed by atoms with Gasteiger partial charge in [-0.3, -0.25) is 14.5 Å². The van der Waals surface area contributed by atoms with Crippen LogP contribution in [-0.4, -0.2) is 68.9 Å². The fourth-order valence-electron chi connectivity index (χ4n) is 8.23. The summed E-state index contributed by atoms with van der Waals surface area (Å²) in [6.45, 7) is 8.41. The zero-order valence-corrected chi connectivity index (χ0v) is 30.9. The second kappa shape index (κ2) is 14.7. The first-order valence-corrected chi connectivity index (χ1v) is 20.9. The number of nitrogens with zero attached hydrogens (tertiary/aromatic N) is 2. The molecule has 12 heteroatoms. The van der Waals surface area contributed by atoms with Gasteiger partial charge in [0.25, 0.3) is 5.91 Å². The highest BCUT2D eigenvalue weighted by Gasteiger charge is 2.66. The van der Waals surface area contributed by atoms with E-state index in [9.17, 15) is 19.8 Å². The summed E-state index contributed by atoms with van der Waals surface area (Å²) in [4.78, 5) is 31.9. The van der Waals surface area contributed by atoms with Gasteiger partial charge in [0.05, 0.1) is 36.7 Å². The van der Waals surface area contributed by atoms with Crippen molar-refractivity contribution >= 4 is 48.9 Å². The summed E-state index contributed by atoms with van der Waals surface area (Å²) in [5.74, 6) is -0.0621. The molecule has 3 aromatic rings. The average molecular weight is 724 g/mol. The van der Waals surface area contributed by atoms with Crippen molar-refractivity contribution in [2.45, 2.75) is 82.5 Å². The van der Waals surface area contributed by atoms with Gasteiger partial charge in [-0.05, 0) is 112 Å². The molecule has 268 valence electrons. The largest absolute Gasteiger partial charge is 0.494 e. The number of fused-ring (bicyclic) bond motifs is 3. The third-order valence-electron chi connectivity index (χ3n) is 10.4. The summed E-state index contributed by atoms with van der Waals surface area (Å²) in [5.41, 5.74) is 2.70. The molecule has 0 aliphatic carbocycles. The SMILES string of the molecule is CCOc1ccc2c(c1)CC(NCCCCO)C(=O)N2c1ccc(CN2C(=O)[C@]3(O[C@H](CCO)[C@@H]([Si](C)(C)F)[C@@H]3C)c3cc(Cl)ccc32)cc1. The van der Waals surface area contributed by atoms with Gasteiger partial charge in [0.2, 0.25) is 14.3 Å². The molecule has 0 bridgehead atoms. The second-order valence-electron chi connectivity index (χ2n) is 14.0. The fourth-order valence-corrected chi connectivity index (χ4v) is 10.9. The number of hydrogen-bond acceptors (Lipinski definition) is 7. The van der Waals surface area contributed by atoms with Gasteiger partial charge in [-0.25, -0.2) is 0 Å². The van der Waals surface area contributed by atoms with Crippen molar-refractivity contribution in [3.05, 3.63) is 82.4 Å². The first-order valence-electron chi connectivity index (χ1n) is 17.6. The number of aliphatic hydroxyl groups excluding tert-OH is 2. The third-order valence-corrected chi connectivity index (χ3v) is 13.1. The number of nitrogens with one attached hydrogen (secondary N) is 1. The summed E-state index contributed by atoms with van der Waals surface area (Å²) in [5, 5.41) is 22.9. The Bertz CT molecular complexity index is 1720. The quantitative estimate of drug-likeness (QED) is 0.106. The molecule has 0 radical (unpaired) electrons. The Labute approximate surface area is 299 Å². The normalized spacial score (nSPS) is 24.6. The molecule has 3 heterocycles. The molecule has 3 aliphatic heterocycles. The highest BCUT2D eigenvalue weighted by atomic mass is 35.5. The predicted octanol–water partition coefficient (Wildman–Crippen LogP) is 6.39. The Balaban J connectivity index is 1.30. The van der Waals surface area contributed by atoms with Gasteiger partial charge in [0.1, 0.15) is 5.75 Å². The van der Waals surface area contributed by atoms with Crippen LogP contribution < -0.4 is 19.9 Å². The number of carbonyl (C=O) groups is 2. The van der Waals surface area contributed by atoms with Crippen LogP contribution in [0.15, 0.2) is 60.7 Å². The minimum Gasteiger partial charge on any atom is -0.494 e. The number of rotatable bonds is 13. The lowest BCUT2D eigenvalue weighted by Gasteiger charge is -2.35. The maximum atomic E-state index is 15.8. The van der Waals surface area contributed by atoms with E-state index in [1.165, 1.54) is 0 Å². The van der Waals surface area contributed by atoms with E-state index < -0.39 is 37.6 Å². The van der Waals surface area contributed by atoms with E-state index >= 15 is 4.11 Å². The number of benzene rings is 3. The molecule has 0 saturated carbocycles. The lowest BCUT2D eigenvalue weighted by atomic mass is 9.82. The van der Waals surface area contributed by atoms with E-state index in [-0.39, 0.29) is 38.0 Å². The Morgan fingerprint density at radius 2 is 1.78 bits per heavy atom. The molecular weight excluding hydrogens is 677 g/mol. The summed E-state index contributed by atoms with van der Waals surface area (Å²) < 4.78 is 28.2. The van der Waals surface area contributed by atoms with Crippen LogP contribution >= 0.6 is 11.6 Å². The minimum atomic E-state index is -3.31. The molecule has 1 spiro atoms. The maximum absolute atomic E-state index is 15.8. The van der Waals surface area contributed by atoms with Crippen LogP contribution in [0.4, 0.5) is 21.2 Å². The zero-order valence-electron chi connectivity index (χ0n) is 29.1. The molecule has 1 fully saturated rings. The number of hydrogen-bond donors (Lipinski definition) is 3. The molecule has 2 amide bonds. The Morgan fingerprint density at radius 1 is 1.04 bits per heavy atom. The Kier molecular flexibility index (Phi) is 10.7. The van der Waals surface area contributed by atoms with E-state index in [4.69, 9.17) is 21.1 Å². The Morgan fingerprint density at radius 3 is 2.46 bits per heavy atom. The molecule has 3 N–H and O–H groups in total. The maximum Gasteiger partial charge on any atom is 0.264 e. The number of carbonyl (C=O) groups excluding carboxylic acids is 2. The molecule has 5 atom stereocenters. The fraction of sp³-hybridized carbons (Fsp3) is 0.474. The second-order valence-corrected chi connectivity index (χ2v) is 18.3. The molecule has 3 aliphatic rings. The summed E-state index contributed by atoms with van der Waals surface area (Å²) in [7, 11) is -3.31. The average Bonchev–Trinajstić information content (AvgIpc) is 3.50. The van der Waals surface area contributed by atoms with E-state index in [1.807, 2.05) is 62.4 Å². The summed E-state index contributed by atoms with van der Waals surface area (Å²) in [6.07, 6.45) is 1.58. The number of ether oxygens (including phenoxy) is 2. The zero-order chi connectivity index (χ0) is 35.8. The highest BCUT2D eigenvalue weighted by Crippen LogP contribution is 2.60. The predicted molar refractivity (Wildman–Crippen MR) is 195 cm³/mol. The van der Waals surface area contributed by atoms with Crippen LogP contribution in [0.5, 0.6) is 5.75 Å². The third kappa shape index (κ3) is 6.60. The molecule has 3 aromatic carbocycles. The van der Waals surface area contributed by atoms with Crippen molar-refractivity contribution in [3.8, 4) is 5.75 Å². The topological polar surface area (TPSA) is 112 Å². The lowest BCUT2D eigenvalue weighted by Crippen LogP contribution is -2.49. The van der Waals surface area contributed by atoms with Crippen LogP contribution in [-0.2, 0) is 32.9 Å². The van der Waals surface area contributed by atoms with Gasteiger partial charge in [-0.2, -0.15) is 0 Å². The van der Waals surface area contributed by atoms with Crippen LogP contribution in [0.1, 0.15) is 49.8 Å². The van der Waals surface area contributed by atoms with Crippen LogP contribution in [0.2, 0.25) is 23.7 Å². The van der Waals surface area contributed by atoms with Crippen molar-refractivity contribution in [2.24, 2.45) is 5.92 Å².